The van der Waals surface area contributed by atoms with E-state index in [1.807, 2.05) is 48.5 Å². The summed E-state index contributed by atoms with van der Waals surface area (Å²) in [6.45, 7) is 0.0850. The number of fused-ring (bicyclic) bond motifs is 2. The summed E-state index contributed by atoms with van der Waals surface area (Å²) in [5.41, 5.74) is 1.75. The number of H-pyrrole nitrogens is 1. The van der Waals surface area contributed by atoms with E-state index < -0.39 is 34.0 Å². The molecular formula is C27H27N3O5S2. The van der Waals surface area contributed by atoms with Gasteiger partial charge in [-0.15, -0.1) is 0 Å². The zero-order chi connectivity index (χ0) is 26.2. The number of aromatic nitrogens is 1. The molecule has 8 nitrogen and oxygen atoms in total. The second-order valence-electron chi connectivity index (χ2n) is 9.14. The zero-order valence-corrected chi connectivity index (χ0v) is 21.8. The lowest BCUT2D eigenvalue weighted by Gasteiger charge is -2.25. The molecule has 0 saturated carbocycles. The van der Waals surface area contributed by atoms with Gasteiger partial charge in [-0.3, -0.25) is 4.79 Å². The molecule has 1 aliphatic rings. The van der Waals surface area contributed by atoms with E-state index in [1.54, 1.807) is 24.4 Å². The summed E-state index contributed by atoms with van der Waals surface area (Å²) in [6, 6.07) is 18.0. The molecule has 1 saturated heterocycles. The normalized spacial score (nSPS) is 19.2. The maximum Gasteiger partial charge on any atom is 0.328 e. The van der Waals surface area contributed by atoms with Gasteiger partial charge in [-0.2, -0.15) is 16.9 Å². The summed E-state index contributed by atoms with van der Waals surface area (Å²) < 4.78 is 33.4. The fourth-order valence-corrected chi connectivity index (χ4v) is 7.04. The molecule has 1 fully saturated rings. The monoisotopic (exact) mass is 537 g/mol. The Morgan fingerprint density at radius 1 is 1.11 bits per heavy atom. The van der Waals surface area contributed by atoms with E-state index in [-0.39, 0.29) is 29.5 Å². The molecule has 1 amide bonds. The number of nitrogens with zero attached hydrogens (tertiary/aromatic N) is 1. The number of methoxy groups -OCH3 is 1. The van der Waals surface area contributed by atoms with E-state index in [0.717, 1.165) is 27.2 Å². The molecule has 2 N–H and O–H groups in total. The lowest BCUT2D eigenvalue weighted by molar-refractivity contribution is -0.145. The van der Waals surface area contributed by atoms with Gasteiger partial charge >= 0.3 is 5.97 Å². The van der Waals surface area contributed by atoms with Gasteiger partial charge < -0.3 is 15.0 Å². The van der Waals surface area contributed by atoms with Crippen molar-refractivity contribution in [3.8, 4) is 0 Å². The van der Waals surface area contributed by atoms with Crippen molar-refractivity contribution < 1.29 is 22.7 Å². The molecule has 3 aromatic carbocycles. The summed E-state index contributed by atoms with van der Waals surface area (Å²) in [6.07, 6.45) is 2.21. The van der Waals surface area contributed by atoms with Crippen molar-refractivity contribution >= 4 is 56.2 Å². The molecule has 2 heterocycles. The van der Waals surface area contributed by atoms with Crippen LogP contribution in [0.5, 0.6) is 0 Å². The molecule has 3 atom stereocenters. The molecular weight excluding hydrogens is 510 g/mol. The predicted molar refractivity (Wildman–Crippen MR) is 145 cm³/mol. The van der Waals surface area contributed by atoms with Crippen LogP contribution < -0.4 is 5.32 Å². The zero-order valence-electron chi connectivity index (χ0n) is 20.1. The maximum atomic E-state index is 13.6. The van der Waals surface area contributed by atoms with Crippen LogP contribution in [0.15, 0.2) is 77.8 Å². The molecule has 192 valence electrons. The number of carbonyl (C=O) groups excluding carboxylic acids is 2. The van der Waals surface area contributed by atoms with Crippen LogP contribution in [0.3, 0.4) is 0 Å². The highest BCUT2D eigenvalue weighted by atomic mass is 32.2. The summed E-state index contributed by atoms with van der Waals surface area (Å²) in [4.78, 5) is 29.3. The molecule has 5 rings (SSSR count). The number of sulfonamides is 1. The number of hydrogen-bond donors (Lipinski definition) is 3. The van der Waals surface area contributed by atoms with Gasteiger partial charge in [-0.05, 0) is 41.0 Å². The van der Waals surface area contributed by atoms with Crippen molar-refractivity contribution in [1.29, 1.82) is 0 Å². The van der Waals surface area contributed by atoms with Crippen LogP contribution in [-0.2, 0) is 30.8 Å². The van der Waals surface area contributed by atoms with Crippen molar-refractivity contribution in [2.24, 2.45) is 0 Å². The molecule has 4 aromatic rings. The Labute approximate surface area is 220 Å². The highest BCUT2D eigenvalue weighted by Crippen LogP contribution is 2.30. The van der Waals surface area contributed by atoms with Crippen molar-refractivity contribution in [3.63, 3.8) is 0 Å². The average molecular weight is 538 g/mol. The minimum Gasteiger partial charge on any atom is -0.467 e. The number of nitrogens with one attached hydrogen (secondary N) is 2. The van der Waals surface area contributed by atoms with E-state index in [1.165, 1.54) is 11.4 Å². The van der Waals surface area contributed by atoms with Crippen LogP contribution in [0.25, 0.3) is 21.7 Å². The van der Waals surface area contributed by atoms with Gasteiger partial charge in [-0.1, -0.05) is 48.5 Å². The lowest BCUT2D eigenvalue weighted by Crippen LogP contribution is -2.51. The second-order valence-corrected chi connectivity index (χ2v) is 11.8. The number of thiol groups is 1. The van der Waals surface area contributed by atoms with E-state index in [2.05, 4.69) is 22.9 Å². The van der Waals surface area contributed by atoms with Gasteiger partial charge in [0.15, 0.2) is 0 Å². The number of carbonyl (C=O) groups is 2. The number of hydrogen-bond acceptors (Lipinski definition) is 6. The van der Waals surface area contributed by atoms with Crippen LogP contribution in [0, 0.1) is 0 Å². The number of rotatable bonds is 7. The van der Waals surface area contributed by atoms with Crippen molar-refractivity contribution in [1.82, 2.24) is 14.6 Å². The first-order valence-corrected chi connectivity index (χ1v) is 13.9. The van der Waals surface area contributed by atoms with Gasteiger partial charge in [0.2, 0.25) is 15.9 Å². The van der Waals surface area contributed by atoms with Gasteiger partial charge in [0.1, 0.15) is 12.1 Å². The molecule has 1 aliphatic heterocycles. The molecule has 1 aromatic heterocycles. The van der Waals surface area contributed by atoms with Crippen LogP contribution >= 0.6 is 12.6 Å². The van der Waals surface area contributed by atoms with E-state index in [4.69, 9.17) is 4.74 Å². The number of esters is 1. The SMILES string of the molecule is COC(=O)[C@H](Cc1c[nH]c2ccccc12)NC(=O)[C@@H]1C[C@@H](S)CN1S(=O)(=O)c1ccc2ccccc2c1. The number of benzene rings is 3. The number of para-hydroxylation sites is 1. The Bertz CT molecular complexity index is 1580. The Morgan fingerprint density at radius 3 is 2.62 bits per heavy atom. The molecule has 0 bridgehead atoms. The second kappa shape index (κ2) is 10.2. The molecule has 37 heavy (non-hydrogen) atoms. The highest BCUT2D eigenvalue weighted by molar-refractivity contribution is 7.89. The predicted octanol–water partition coefficient (Wildman–Crippen LogP) is 3.28. The fourth-order valence-electron chi connectivity index (χ4n) is 4.88. The summed E-state index contributed by atoms with van der Waals surface area (Å²) in [5, 5.41) is 5.07. The van der Waals surface area contributed by atoms with Gasteiger partial charge in [0, 0.05) is 35.3 Å². The first-order chi connectivity index (χ1) is 17.8. The van der Waals surface area contributed by atoms with Crippen LogP contribution in [0.4, 0.5) is 0 Å². The van der Waals surface area contributed by atoms with Gasteiger partial charge in [0.05, 0.1) is 12.0 Å². The van der Waals surface area contributed by atoms with Gasteiger partial charge in [-0.25, -0.2) is 13.2 Å². The average Bonchev–Trinajstić information content (AvgIpc) is 3.51. The Morgan fingerprint density at radius 2 is 1.84 bits per heavy atom. The molecule has 10 heteroatoms. The summed E-state index contributed by atoms with van der Waals surface area (Å²) in [5.74, 6) is -1.17. The molecule has 0 radical (unpaired) electrons. The minimum atomic E-state index is -4.00. The summed E-state index contributed by atoms with van der Waals surface area (Å²) >= 11 is 4.49. The quantitative estimate of drug-likeness (QED) is 0.248. The smallest absolute Gasteiger partial charge is 0.328 e. The minimum absolute atomic E-state index is 0.0850. The van der Waals surface area contributed by atoms with Crippen molar-refractivity contribution in [2.75, 3.05) is 13.7 Å². The highest BCUT2D eigenvalue weighted by Gasteiger charge is 2.44. The lowest BCUT2D eigenvalue weighted by atomic mass is 10.0. The van der Waals surface area contributed by atoms with Crippen molar-refractivity contribution in [2.45, 2.75) is 35.1 Å². The Balaban J connectivity index is 1.40. The molecule has 0 unspecified atom stereocenters. The number of ether oxygens (including phenoxy) is 1. The molecule has 0 spiro atoms. The number of amides is 1. The van der Waals surface area contributed by atoms with Crippen molar-refractivity contribution in [3.05, 3.63) is 78.5 Å². The van der Waals surface area contributed by atoms with Crippen LogP contribution in [0.2, 0.25) is 0 Å². The van der Waals surface area contributed by atoms with Gasteiger partial charge in [0.25, 0.3) is 0 Å². The fraction of sp³-hybridized carbons (Fsp3) is 0.259. The van der Waals surface area contributed by atoms with Crippen LogP contribution in [0.1, 0.15) is 12.0 Å². The van der Waals surface area contributed by atoms with Crippen LogP contribution in [-0.4, -0.2) is 60.6 Å². The van der Waals surface area contributed by atoms with E-state index in [0.29, 0.717) is 0 Å². The third-order valence-electron chi connectivity index (χ3n) is 6.76. The summed E-state index contributed by atoms with van der Waals surface area (Å²) in [7, 11) is -2.74. The maximum absolute atomic E-state index is 13.6. The first kappa shape index (κ1) is 25.3. The largest absolute Gasteiger partial charge is 0.467 e. The topological polar surface area (TPSA) is 109 Å². The Kier molecular flexibility index (Phi) is 6.98. The third-order valence-corrected chi connectivity index (χ3v) is 9.01. The molecule has 0 aliphatic carbocycles. The number of aromatic amines is 1. The standard InChI is InChI=1S/C27H27N3O5S2/c1-35-27(32)24(13-19-15-28-23-9-5-4-8-22(19)23)29-26(31)25-14-20(36)16-30(25)37(33,34)21-11-10-17-6-2-3-7-18(17)12-21/h2-12,15,20,24-25,28,36H,13-14,16H2,1H3,(H,29,31)/t20-,24+,25+/m1/s1. The third kappa shape index (κ3) is 4.96. The van der Waals surface area contributed by atoms with E-state index in [9.17, 15) is 18.0 Å². The van der Waals surface area contributed by atoms with E-state index >= 15 is 0 Å². The first-order valence-electron chi connectivity index (χ1n) is 11.9. The Hall–Kier alpha value is -3.34.